The second-order valence-electron chi connectivity index (χ2n) is 4.23. The SMILES string of the molecule is C#CCn1nc(-c2cccnc2)c2c1CCC2. The maximum absolute atomic E-state index is 5.38. The molecule has 0 fully saturated rings. The van der Waals surface area contributed by atoms with Gasteiger partial charge >= 0.3 is 0 Å². The highest BCUT2D eigenvalue weighted by atomic mass is 15.3. The summed E-state index contributed by atoms with van der Waals surface area (Å²) in [5.41, 5.74) is 4.80. The predicted octanol–water partition coefficient (Wildman–Crippen LogP) is 2.07. The molecule has 3 heteroatoms. The third kappa shape index (κ3) is 1.62. The van der Waals surface area contributed by atoms with Crippen LogP contribution in [0.2, 0.25) is 0 Å². The highest BCUT2D eigenvalue weighted by Crippen LogP contribution is 2.31. The molecule has 0 radical (unpaired) electrons. The molecule has 0 N–H and O–H groups in total. The quantitative estimate of drug-likeness (QED) is 0.730. The lowest BCUT2D eigenvalue weighted by atomic mass is 10.1. The molecule has 0 saturated carbocycles. The van der Waals surface area contributed by atoms with Gasteiger partial charge in [-0.2, -0.15) is 5.10 Å². The van der Waals surface area contributed by atoms with Crippen LogP contribution in [0, 0.1) is 12.3 Å². The minimum absolute atomic E-state index is 0.558. The van der Waals surface area contributed by atoms with Crippen LogP contribution in [0.3, 0.4) is 0 Å². The summed E-state index contributed by atoms with van der Waals surface area (Å²) < 4.78 is 1.96. The molecule has 0 amide bonds. The summed E-state index contributed by atoms with van der Waals surface area (Å²) in [4.78, 5) is 4.15. The molecule has 84 valence electrons. The van der Waals surface area contributed by atoms with E-state index in [-0.39, 0.29) is 0 Å². The fraction of sp³-hybridized carbons (Fsp3) is 0.286. The van der Waals surface area contributed by atoms with Crippen molar-refractivity contribution in [2.24, 2.45) is 0 Å². The summed E-state index contributed by atoms with van der Waals surface area (Å²) in [6.45, 7) is 0.558. The van der Waals surface area contributed by atoms with Crippen LogP contribution in [0.4, 0.5) is 0 Å². The first-order valence-electron chi connectivity index (χ1n) is 5.82. The Labute approximate surface area is 100 Å². The van der Waals surface area contributed by atoms with E-state index in [1.54, 1.807) is 6.20 Å². The Bertz CT molecular complexity index is 576. The van der Waals surface area contributed by atoms with Crippen LogP contribution in [0.15, 0.2) is 24.5 Å². The van der Waals surface area contributed by atoms with E-state index >= 15 is 0 Å². The van der Waals surface area contributed by atoms with Crippen LogP contribution in [0.5, 0.6) is 0 Å². The summed E-state index contributed by atoms with van der Waals surface area (Å²) in [6, 6.07) is 3.99. The van der Waals surface area contributed by atoms with Gasteiger partial charge in [-0.3, -0.25) is 9.67 Å². The summed E-state index contributed by atoms with van der Waals surface area (Å²) in [5, 5.41) is 4.63. The average Bonchev–Trinajstić information content (AvgIpc) is 2.94. The second-order valence-corrected chi connectivity index (χ2v) is 4.23. The Morgan fingerprint density at radius 1 is 1.41 bits per heavy atom. The molecule has 1 aliphatic carbocycles. The maximum Gasteiger partial charge on any atom is 0.102 e. The molecule has 3 rings (SSSR count). The highest BCUT2D eigenvalue weighted by Gasteiger charge is 2.22. The van der Waals surface area contributed by atoms with Gasteiger partial charge in [0.25, 0.3) is 0 Å². The van der Waals surface area contributed by atoms with E-state index < -0.39 is 0 Å². The first kappa shape index (κ1) is 10.1. The Kier molecular flexibility index (Phi) is 2.41. The molecule has 0 bridgehead atoms. The van der Waals surface area contributed by atoms with Gasteiger partial charge in [0.05, 0.1) is 5.69 Å². The Hall–Kier alpha value is -2.08. The van der Waals surface area contributed by atoms with Crippen molar-refractivity contribution in [3.05, 3.63) is 35.8 Å². The lowest BCUT2D eigenvalue weighted by Gasteiger charge is -1.99. The number of nitrogens with zero attached hydrogens (tertiary/aromatic N) is 3. The highest BCUT2D eigenvalue weighted by molar-refractivity contribution is 5.64. The van der Waals surface area contributed by atoms with Crippen LogP contribution in [0.1, 0.15) is 17.7 Å². The van der Waals surface area contributed by atoms with Gasteiger partial charge < -0.3 is 0 Å². The molecule has 0 spiro atoms. The number of fused-ring (bicyclic) bond motifs is 1. The van der Waals surface area contributed by atoms with Crippen molar-refractivity contribution in [1.29, 1.82) is 0 Å². The van der Waals surface area contributed by atoms with Gasteiger partial charge in [0.1, 0.15) is 6.54 Å². The summed E-state index contributed by atoms with van der Waals surface area (Å²) in [6.07, 6.45) is 12.4. The second kappa shape index (κ2) is 4.06. The molecule has 2 aromatic heterocycles. The molecular formula is C14H13N3. The van der Waals surface area contributed by atoms with Crippen LogP contribution in [0.25, 0.3) is 11.3 Å². The summed E-state index contributed by atoms with van der Waals surface area (Å²) in [7, 11) is 0. The van der Waals surface area contributed by atoms with Crippen molar-refractivity contribution in [2.45, 2.75) is 25.8 Å². The number of pyridine rings is 1. The molecule has 0 atom stereocenters. The summed E-state index contributed by atoms with van der Waals surface area (Å²) in [5.74, 6) is 2.66. The van der Waals surface area contributed by atoms with Crippen molar-refractivity contribution in [1.82, 2.24) is 14.8 Å². The van der Waals surface area contributed by atoms with Crippen LogP contribution < -0.4 is 0 Å². The number of aromatic nitrogens is 3. The molecular weight excluding hydrogens is 210 g/mol. The Morgan fingerprint density at radius 3 is 3.12 bits per heavy atom. The molecule has 3 nitrogen and oxygen atoms in total. The maximum atomic E-state index is 5.38. The largest absolute Gasteiger partial charge is 0.264 e. The fourth-order valence-corrected chi connectivity index (χ4v) is 2.46. The first-order valence-corrected chi connectivity index (χ1v) is 5.82. The zero-order valence-electron chi connectivity index (χ0n) is 9.56. The van der Waals surface area contributed by atoms with Crippen molar-refractivity contribution in [3.8, 4) is 23.6 Å². The van der Waals surface area contributed by atoms with Crippen LogP contribution >= 0.6 is 0 Å². The number of terminal acetylenes is 1. The predicted molar refractivity (Wildman–Crippen MR) is 66.3 cm³/mol. The number of rotatable bonds is 2. The van der Waals surface area contributed by atoms with Crippen molar-refractivity contribution >= 4 is 0 Å². The van der Waals surface area contributed by atoms with Crippen LogP contribution in [-0.2, 0) is 19.4 Å². The van der Waals surface area contributed by atoms with Gasteiger partial charge in [-0.05, 0) is 31.4 Å². The molecule has 2 aromatic rings. The number of hydrogen-bond acceptors (Lipinski definition) is 2. The molecule has 0 saturated heterocycles. The van der Waals surface area contributed by atoms with E-state index in [9.17, 15) is 0 Å². The molecule has 0 unspecified atom stereocenters. The topological polar surface area (TPSA) is 30.7 Å². The van der Waals surface area contributed by atoms with Crippen LogP contribution in [-0.4, -0.2) is 14.8 Å². The van der Waals surface area contributed by atoms with Gasteiger partial charge in [-0.1, -0.05) is 5.92 Å². The third-order valence-corrected chi connectivity index (χ3v) is 3.18. The minimum Gasteiger partial charge on any atom is -0.264 e. The fourth-order valence-electron chi connectivity index (χ4n) is 2.46. The van der Waals surface area contributed by atoms with Gasteiger partial charge in [0.15, 0.2) is 0 Å². The zero-order valence-corrected chi connectivity index (χ0v) is 9.56. The Balaban J connectivity index is 2.13. The summed E-state index contributed by atoms with van der Waals surface area (Å²) >= 11 is 0. The van der Waals surface area contributed by atoms with E-state index in [1.807, 2.05) is 23.0 Å². The van der Waals surface area contributed by atoms with E-state index in [4.69, 9.17) is 6.42 Å². The van der Waals surface area contributed by atoms with E-state index in [0.29, 0.717) is 6.54 Å². The lowest BCUT2D eigenvalue weighted by molar-refractivity contribution is 0.669. The standard InChI is InChI=1S/C14H13N3/c1-2-9-17-13-7-3-6-12(13)14(16-17)11-5-4-8-15-10-11/h1,4-5,8,10H,3,6-7,9H2. The zero-order chi connectivity index (χ0) is 11.7. The third-order valence-electron chi connectivity index (χ3n) is 3.18. The smallest absolute Gasteiger partial charge is 0.102 e. The van der Waals surface area contributed by atoms with Gasteiger partial charge in [-0.25, -0.2) is 0 Å². The lowest BCUT2D eigenvalue weighted by Crippen LogP contribution is -2.02. The van der Waals surface area contributed by atoms with E-state index in [1.165, 1.54) is 17.7 Å². The molecule has 0 aliphatic heterocycles. The Morgan fingerprint density at radius 2 is 2.35 bits per heavy atom. The van der Waals surface area contributed by atoms with E-state index in [0.717, 1.165) is 24.1 Å². The first-order chi connectivity index (χ1) is 8.40. The normalized spacial score (nSPS) is 13.4. The van der Waals surface area contributed by atoms with Gasteiger partial charge in [0.2, 0.25) is 0 Å². The molecule has 1 aliphatic rings. The van der Waals surface area contributed by atoms with Crippen molar-refractivity contribution in [3.63, 3.8) is 0 Å². The molecule has 0 aromatic carbocycles. The van der Waals surface area contributed by atoms with Gasteiger partial charge in [0, 0.05) is 29.2 Å². The van der Waals surface area contributed by atoms with Crippen molar-refractivity contribution in [2.75, 3.05) is 0 Å². The average molecular weight is 223 g/mol. The molecule has 17 heavy (non-hydrogen) atoms. The minimum atomic E-state index is 0.558. The van der Waals surface area contributed by atoms with Gasteiger partial charge in [-0.15, -0.1) is 6.42 Å². The number of hydrogen-bond donors (Lipinski definition) is 0. The monoisotopic (exact) mass is 223 g/mol. The van der Waals surface area contributed by atoms with E-state index in [2.05, 4.69) is 16.0 Å². The molecule has 2 heterocycles. The van der Waals surface area contributed by atoms with Crippen molar-refractivity contribution < 1.29 is 0 Å².